The molecule has 7 nitrogen and oxygen atoms in total. The van der Waals surface area contributed by atoms with Gasteiger partial charge < -0.3 is 20.6 Å². The van der Waals surface area contributed by atoms with Crippen LogP contribution in [-0.2, 0) is 21.9 Å². The summed E-state index contributed by atoms with van der Waals surface area (Å²) in [5.41, 5.74) is 7.37. The van der Waals surface area contributed by atoms with Crippen molar-refractivity contribution in [3.63, 3.8) is 0 Å². The van der Waals surface area contributed by atoms with E-state index < -0.39 is 25.8 Å². The molecule has 0 bridgehead atoms. The van der Waals surface area contributed by atoms with Crippen LogP contribution in [0.4, 0.5) is 0 Å². The largest absolute Gasteiger partial charge is 0.480 e. The Bertz CT molecular complexity index is 820. The minimum absolute atomic E-state index is 0.133. The second-order valence-corrected chi connectivity index (χ2v) is 7.41. The number of aromatic nitrogens is 1. The fourth-order valence-electron chi connectivity index (χ4n) is 2.23. The SMILES string of the molecule is Cc1cc2cc(CP(=O)(O)O)c(C[C@@H](N)C(=O)O)nc2cc1Cl. The molecule has 0 aliphatic carbocycles. The van der Waals surface area contributed by atoms with E-state index in [4.69, 9.17) is 22.4 Å². The molecule has 2 aromatic rings. The molecule has 2 rings (SSSR count). The Morgan fingerprint density at radius 3 is 2.61 bits per heavy atom. The van der Waals surface area contributed by atoms with E-state index in [0.29, 0.717) is 15.9 Å². The van der Waals surface area contributed by atoms with Crippen molar-refractivity contribution in [2.45, 2.75) is 25.5 Å². The molecule has 124 valence electrons. The molecule has 0 fully saturated rings. The first kappa shape index (κ1) is 17.8. The Morgan fingerprint density at radius 1 is 1.39 bits per heavy atom. The van der Waals surface area contributed by atoms with Gasteiger partial charge in [0.25, 0.3) is 0 Å². The fourth-order valence-corrected chi connectivity index (χ4v) is 3.10. The van der Waals surface area contributed by atoms with Crippen molar-refractivity contribution in [1.82, 2.24) is 4.98 Å². The number of hydrogen-bond acceptors (Lipinski definition) is 4. The summed E-state index contributed by atoms with van der Waals surface area (Å²) >= 11 is 6.06. The van der Waals surface area contributed by atoms with Crippen LogP contribution in [0.25, 0.3) is 10.9 Å². The lowest BCUT2D eigenvalue weighted by atomic mass is 10.0. The maximum absolute atomic E-state index is 11.3. The highest BCUT2D eigenvalue weighted by Crippen LogP contribution is 2.40. The van der Waals surface area contributed by atoms with Crippen molar-refractivity contribution in [3.8, 4) is 0 Å². The van der Waals surface area contributed by atoms with Crippen LogP contribution >= 0.6 is 19.2 Å². The molecule has 0 aliphatic heterocycles. The van der Waals surface area contributed by atoms with E-state index in [2.05, 4.69) is 4.98 Å². The second-order valence-electron chi connectivity index (χ2n) is 5.36. The van der Waals surface area contributed by atoms with Crippen LogP contribution in [0.3, 0.4) is 0 Å². The Morgan fingerprint density at radius 2 is 2.04 bits per heavy atom. The van der Waals surface area contributed by atoms with Crippen molar-refractivity contribution in [2.24, 2.45) is 5.73 Å². The van der Waals surface area contributed by atoms with Crippen molar-refractivity contribution >= 4 is 36.1 Å². The highest BCUT2D eigenvalue weighted by atomic mass is 35.5. The highest BCUT2D eigenvalue weighted by Gasteiger charge is 2.22. The highest BCUT2D eigenvalue weighted by molar-refractivity contribution is 7.50. The van der Waals surface area contributed by atoms with Crippen molar-refractivity contribution in [1.29, 1.82) is 0 Å². The number of halogens is 1. The minimum Gasteiger partial charge on any atom is -0.480 e. The van der Waals surface area contributed by atoms with Gasteiger partial charge >= 0.3 is 13.6 Å². The minimum atomic E-state index is -4.34. The molecule has 0 aliphatic rings. The first-order chi connectivity index (χ1) is 10.6. The van der Waals surface area contributed by atoms with Gasteiger partial charge in [0.05, 0.1) is 11.7 Å². The lowest BCUT2D eigenvalue weighted by molar-refractivity contribution is -0.138. The van der Waals surface area contributed by atoms with Gasteiger partial charge in [-0.2, -0.15) is 0 Å². The average molecular weight is 359 g/mol. The fraction of sp³-hybridized carbons (Fsp3) is 0.286. The zero-order chi connectivity index (χ0) is 17.4. The molecule has 0 spiro atoms. The molecular weight excluding hydrogens is 343 g/mol. The smallest absolute Gasteiger partial charge is 0.329 e. The summed E-state index contributed by atoms with van der Waals surface area (Å²) in [6, 6.07) is 3.77. The number of fused-ring (bicyclic) bond motifs is 1. The predicted octanol–water partition coefficient (Wildman–Crippen LogP) is 1.83. The number of carbonyl (C=O) groups is 1. The number of hydrogen-bond donors (Lipinski definition) is 4. The topological polar surface area (TPSA) is 134 Å². The number of benzene rings is 1. The molecule has 23 heavy (non-hydrogen) atoms. The summed E-state index contributed by atoms with van der Waals surface area (Å²) in [5, 5.41) is 10.1. The molecule has 0 unspecified atom stereocenters. The maximum Gasteiger partial charge on any atom is 0.329 e. The normalized spacial score (nSPS) is 13.3. The van der Waals surface area contributed by atoms with E-state index in [0.717, 1.165) is 5.56 Å². The number of aryl methyl sites for hydroxylation is 1. The van der Waals surface area contributed by atoms with Gasteiger partial charge in [-0.1, -0.05) is 11.6 Å². The number of aliphatic carboxylic acids is 1. The summed E-state index contributed by atoms with van der Waals surface area (Å²) in [6.45, 7) is 1.80. The van der Waals surface area contributed by atoms with Gasteiger partial charge in [0.15, 0.2) is 0 Å². The summed E-state index contributed by atoms with van der Waals surface area (Å²) in [6.07, 6.45) is -0.661. The summed E-state index contributed by atoms with van der Waals surface area (Å²) in [5.74, 6) is -1.21. The summed E-state index contributed by atoms with van der Waals surface area (Å²) < 4.78 is 11.3. The van der Waals surface area contributed by atoms with Gasteiger partial charge in [-0.15, -0.1) is 0 Å². The van der Waals surface area contributed by atoms with E-state index in [-0.39, 0.29) is 17.7 Å². The van der Waals surface area contributed by atoms with Crippen LogP contribution in [0.2, 0.25) is 5.02 Å². The van der Waals surface area contributed by atoms with Crippen molar-refractivity contribution < 1.29 is 24.3 Å². The van der Waals surface area contributed by atoms with Crippen molar-refractivity contribution in [2.75, 3.05) is 0 Å². The van der Waals surface area contributed by atoms with E-state index >= 15 is 0 Å². The Balaban J connectivity index is 2.59. The summed E-state index contributed by atoms with van der Waals surface area (Å²) in [7, 11) is -4.34. The zero-order valence-corrected chi connectivity index (χ0v) is 13.9. The molecule has 1 aromatic heterocycles. The Kier molecular flexibility index (Phi) is 5.08. The van der Waals surface area contributed by atoms with Gasteiger partial charge in [0.1, 0.15) is 6.04 Å². The molecule has 0 radical (unpaired) electrons. The molecule has 1 heterocycles. The van der Waals surface area contributed by atoms with E-state index in [1.807, 2.05) is 0 Å². The third-order valence-corrected chi connectivity index (χ3v) is 4.53. The maximum atomic E-state index is 11.3. The number of rotatable bonds is 5. The van der Waals surface area contributed by atoms with Crippen LogP contribution in [0, 0.1) is 6.92 Å². The Hall–Kier alpha value is -1.50. The van der Waals surface area contributed by atoms with Crippen LogP contribution in [0.5, 0.6) is 0 Å². The molecule has 1 atom stereocenters. The number of carboxylic acid groups (broad SMARTS) is 1. The van der Waals surface area contributed by atoms with Crippen molar-refractivity contribution in [3.05, 3.63) is 40.0 Å². The van der Waals surface area contributed by atoms with Crippen LogP contribution in [-0.4, -0.2) is 31.9 Å². The van der Waals surface area contributed by atoms with Gasteiger partial charge in [0.2, 0.25) is 0 Å². The van der Waals surface area contributed by atoms with Crippen LogP contribution in [0.1, 0.15) is 16.8 Å². The predicted molar refractivity (Wildman–Crippen MR) is 86.6 cm³/mol. The standard InChI is InChI=1S/C14H16ClN2O5P/c1-7-2-8-3-9(6-23(20,21)22)13(5-11(16)14(18)19)17-12(8)4-10(7)15/h2-4,11H,5-6,16H2,1H3,(H,18,19)(H2,20,21,22)/t11-/m1/s1. The third kappa shape index (κ3) is 4.50. The first-order valence-electron chi connectivity index (χ1n) is 6.68. The molecule has 1 aromatic carbocycles. The molecule has 0 saturated heterocycles. The lowest BCUT2D eigenvalue weighted by Gasteiger charge is -2.14. The van der Waals surface area contributed by atoms with E-state index in [9.17, 15) is 19.1 Å². The molecule has 0 amide bonds. The van der Waals surface area contributed by atoms with E-state index in [1.165, 1.54) is 0 Å². The molecule has 5 N–H and O–H groups in total. The van der Waals surface area contributed by atoms with Gasteiger partial charge in [-0.05, 0) is 36.2 Å². The van der Waals surface area contributed by atoms with E-state index in [1.54, 1.807) is 25.1 Å². The quantitative estimate of drug-likeness (QED) is 0.599. The van der Waals surface area contributed by atoms with Gasteiger partial charge in [-0.25, -0.2) is 0 Å². The van der Waals surface area contributed by atoms with Gasteiger partial charge in [0, 0.05) is 22.5 Å². The second kappa shape index (κ2) is 6.55. The molecule has 9 heteroatoms. The summed E-state index contributed by atoms with van der Waals surface area (Å²) in [4.78, 5) is 33.7. The number of nitrogens with zero attached hydrogens (tertiary/aromatic N) is 1. The van der Waals surface area contributed by atoms with Crippen LogP contribution < -0.4 is 5.73 Å². The monoisotopic (exact) mass is 358 g/mol. The Labute approximate surface area is 137 Å². The number of carboxylic acids is 1. The number of nitrogens with two attached hydrogens (primary N) is 1. The third-order valence-electron chi connectivity index (χ3n) is 3.37. The zero-order valence-electron chi connectivity index (χ0n) is 12.2. The molecule has 0 saturated carbocycles. The molecular formula is C14H16ClN2O5P. The average Bonchev–Trinajstić information content (AvgIpc) is 2.39. The van der Waals surface area contributed by atoms with Gasteiger partial charge in [-0.3, -0.25) is 14.3 Å². The lowest BCUT2D eigenvalue weighted by Crippen LogP contribution is -2.33. The van der Waals surface area contributed by atoms with Crippen LogP contribution in [0.15, 0.2) is 18.2 Å². The number of pyridine rings is 1. The first-order valence-corrected chi connectivity index (χ1v) is 8.86.